The van der Waals surface area contributed by atoms with Crippen LogP contribution in [0.25, 0.3) is 0 Å². The van der Waals surface area contributed by atoms with Gasteiger partial charge in [0.1, 0.15) is 11.4 Å². The van der Waals surface area contributed by atoms with Gasteiger partial charge in [-0.3, -0.25) is 9.48 Å². The van der Waals surface area contributed by atoms with Crippen molar-refractivity contribution >= 4 is 38.8 Å². The Balaban J connectivity index is 1.50. The number of amidine groups is 1. The lowest BCUT2D eigenvalue weighted by molar-refractivity contribution is -0.0588. The number of halogens is 2. The third-order valence-corrected chi connectivity index (χ3v) is 7.68. The van der Waals surface area contributed by atoms with Gasteiger partial charge in [0.2, 0.25) is 0 Å². The molecule has 9 heteroatoms. The molecule has 1 amide bonds. The van der Waals surface area contributed by atoms with Gasteiger partial charge in [0.15, 0.2) is 5.17 Å². The van der Waals surface area contributed by atoms with Crippen molar-refractivity contribution in [3.8, 4) is 0 Å². The first-order valence-corrected chi connectivity index (χ1v) is 12.4. The highest BCUT2D eigenvalue weighted by atomic mass is 79.9. The minimum Gasteiger partial charge on any atom is -0.370 e. The lowest BCUT2D eigenvalue weighted by Crippen LogP contribution is -2.49. The first-order valence-electron chi connectivity index (χ1n) is 10.6. The number of aromatic nitrogens is 2. The highest BCUT2D eigenvalue weighted by molar-refractivity contribution is 9.10. The molecule has 1 fully saturated rings. The number of nitrogens with zero attached hydrogens (tertiary/aromatic N) is 3. The average Bonchev–Trinajstić information content (AvgIpc) is 3.27. The smallest absolute Gasteiger partial charge is 0.257 e. The Bertz CT molecular complexity index is 1220. The number of aryl methyl sites for hydroxylation is 1. The summed E-state index contributed by atoms with van der Waals surface area (Å²) in [5.74, 6) is 0.119. The summed E-state index contributed by atoms with van der Waals surface area (Å²) in [6.45, 7) is 0.204. The Morgan fingerprint density at radius 1 is 1.30 bits per heavy atom. The van der Waals surface area contributed by atoms with Gasteiger partial charge in [-0.15, -0.1) is 0 Å². The Morgan fingerprint density at radius 2 is 2.12 bits per heavy atom. The molecule has 3 atom stereocenters. The molecule has 33 heavy (non-hydrogen) atoms. The Kier molecular flexibility index (Phi) is 6.11. The number of nitrogens with one attached hydrogen (secondary N) is 1. The number of carbonyl (C=O) groups excluding carboxylic acids is 1. The number of hydrogen-bond donors (Lipinski definition) is 1. The maximum atomic E-state index is 15.1. The van der Waals surface area contributed by atoms with E-state index >= 15 is 4.39 Å². The van der Waals surface area contributed by atoms with Crippen LogP contribution in [-0.2, 0) is 17.3 Å². The van der Waals surface area contributed by atoms with Gasteiger partial charge >= 0.3 is 0 Å². The van der Waals surface area contributed by atoms with E-state index in [-0.39, 0.29) is 30.4 Å². The largest absolute Gasteiger partial charge is 0.370 e. The van der Waals surface area contributed by atoms with Crippen molar-refractivity contribution in [2.45, 2.75) is 18.1 Å². The third kappa shape index (κ3) is 4.37. The third-order valence-electron chi connectivity index (χ3n) is 6.15. The molecule has 1 saturated heterocycles. The van der Waals surface area contributed by atoms with Gasteiger partial charge in [-0.25, -0.2) is 9.38 Å². The minimum absolute atomic E-state index is 0.0163. The molecule has 1 N–H and O–H groups in total. The zero-order valence-corrected chi connectivity index (χ0v) is 20.3. The van der Waals surface area contributed by atoms with Crippen molar-refractivity contribution in [1.29, 1.82) is 0 Å². The first kappa shape index (κ1) is 22.3. The van der Waals surface area contributed by atoms with E-state index in [9.17, 15) is 4.79 Å². The molecule has 0 aliphatic carbocycles. The van der Waals surface area contributed by atoms with Gasteiger partial charge in [0.25, 0.3) is 5.91 Å². The summed E-state index contributed by atoms with van der Waals surface area (Å²) in [5.41, 5.74) is 1.08. The summed E-state index contributed by atoms with van der Waals surface area (Å²) in [6, 6.07) is 13.9. The van der Waals surface area contributed by atoms with Crippen LogP contribution in [0.5, 0.6) is 0 Å². The van der Waals surface area contributed by atoms with E-state index in [4.69, 9.17) is 9.73 Å². The molecule has 0 radical (unpaired) electrons. The molecule has 3 aromatic rings. The molecule has 3 heterocycles. The zero-order valence-electron chi connectivity index (χ0n) is 17.9. The summed E-state index contributed by atoms with van der Waals surface area (Å²) < 4.78 is 23.9. The number of fused-ring (bicyclic) bond motifs is 1. The van der Waals surface area contributed by atoms with Crippen LogP contribution < -0.4 is 5.32 Å². The number of rotatable bonds is 3. The number of thioether (sulfide) groups is 1. The summed E-state index contributed by atoms with van der Waals surface area (Å²) in [4.78, 5) is 17.7. The van der Waals surface area contributed by atoms with Crippen LogP contribution >= 0.6 is 27.7 Å². The van der Waals surface area contributed by atoms with Crippen LogP contribution in [0.4, 0.5) is 4.39 Å². The van der Waals surface area contributed by atoms with Gasteiger partial charge in [-0.2, -0.15) is 5.10 Å². The summed E-state index contributed by atoms with van der Waals surface area (Å²) in [5, 5.41) is 7.65. The molecule has 6 nitrogen and oxygen atoms in total. The van der Waals surface area contributed by atoms with Gasteiger partial charge < -0.3 is 10.1 Å². The average molecular weight is 529 g/mol. The predicted octanol–water partition coefficient (Wildman–Crippen LogP) is 4.83. The fourth-order valence-electron chi connectivity index (χ4n) is 4.44. The molecule has 1 aromatic heterocycles. The molecule has 2 aliphatic heterocycles. The van der Waals surface area contributed by atoms with Crippen molar-refractivity contribution < 1.29 is 13.9 Å². The highest BCUT2D eigenvalue weighted by Crippen LogP contribution is 2.50. The second-order valence-corrected chi connectivity index (χ2v) is 10.2. The molecule has 0 saturated carbocycles. The van der Waals surface area contributed by atoms with E-state index in [0.717, 1.165) is 10.0 Å². The van der Waals surface area contributed by atoms with E-state index in [1.54, 1.807) is 28.9 Å². The zero-order chi connectivity index (χ0) is 23.0. The SMILES string of the molecule is Cn1cc([C@H]2C[C@H]3CSC(NC(=O)c4ccccc4)=N[C@@]3(c3cc(Br)ccc3F)CO2)cn1. The van der Waals surface area contributed by atoms with Crippen LogP contribution in [-0.4, -0.2) is 33.2 Å². The van der Waals surface area contributed by atoms with Crippen LogP contribution in [0.2, 0.25) is 0 Å². The number of hydrogen-bond acceptors (Lipinski definition) is 5. The normalized spacial score (nSPS) is 24.6. The van der Waals surface area contributed by atoms with E-state index in [1.165, 1.54) is 17.8 Å². The Hall–Kier alpha value is -2.49. The number of aliphatic imine (C=N–C) groups is 1. The van der Waals surface area contributed by atoms with Gasteiger partial charge in [0, 0.05) is 46.1 Å². The molecule has 0 bridgehead atoms. The second-order valence-electron chi connectivity index (χ2n) is 8.28. The van der Waals surface area contributed by atoms with Crippen molar-refractivity contribution in [1.82, 2.24) is 15.1 Å². The lowest BCUT2D eigenvalue weighted by Gasteiger charge is -2.46. The van der Waals surface area contributed by atoms with E-state index in [1.807, 2.05) is 37.6 Å². The Labute approximate surface area is 203 Å². The minimum atomic E-state index is -0.933. The number of carbonyl (C=O) groups is 1. The fraction of sp³-hybridized carbons (Fsp3) is 0.292. The lowest BCUT2D eigenvalue weighted by atomic mass is 9.74. The van der Waals surface area contributed by atoms with E-state index < -0.39 is 5.54 Å². The second kappa shape index (κ2) is 9.04. The van der Waals surface area contributed by atoms with Crippen LogP contribution in [0.1, 0.15) is 34.0 Å². The molecule has 0 spiro atoms. The monoisotopic (exact) mass is 528 g/mol. The standard InChI is InChI=1S/C24H22BrFN4O2S/c1-30-12-16(11-27-30)21-9-17-13-33-23(28-22(31)15-5-3-2-4-6-15)29-24(17,14-32-21)19-10-18(25)7-8-20(19)26/h2-8,10-12,17,21H,9,13-14H2,1H3,(H,28,29,31)/t17-,21+,24-/m0/s1. The molecule has 5 rings (SSSR count). The summed E-state index contributed by atoms with van der Waals surface area (Å²) >= 11 is 4.96. The molecule has 2 aliphatic rings. The van der Waals surface area contributed by atoms with Crippen molar-refractivity contribution in [3.63, 3.8) is 0 Å². The van der Waals surface area contributed by atoms with Gasteiger partial charge in [0.05, 0.1) is 18.9 Å². The fourth-order valence-corrected chi connectivity index (χ4v) is 5.96. The molecule has 2 aromatic carbocycles. The molecule has 0 unspecified atom stereocenters. The van der Waals surface area contributed by atoms with Crippen molar-refractivity contribution in [3.05, 3.63) is 87.9 Å². The van der Waals surface area contributed by atoms with Crippen molar-refractivity contribution in [2.75, 3.05) is 12.4 Å². The number of amides is 1. The first-order chi connectivity index (χ1) is 15.9. The van der Waals surface area contributed by atoms with Crippen LogP contribution in [0.3, 0.4) is 0 Å². The maximum absolute atomic E-state index is 15.1. The van der Waals surface area contributed by atoms with Crippen molar-refractivity contribution in [2.24, 2.45) is 18.0 Å². The van der Waals surface area contributed by atoms with E-state index in [2.05, 4.69) is 26.3 Å². The Morgan fingerprint density at radius 3 is 2.88 bits per heavy atom. The number of benzene rings is 2. The van der Waals surface area contributed by atoms with Gasteiger partial charge in [-0.05, 0) is 36.8 Å². The topological polar surface area (TPSA) is 68.5 Å². The summed E-state index contributed by atoms with van der Waals surface area (Å²) in [6.07, 6.45) is 4.29. The molecule has 170 valence electrons. The summed E-state index contributed by atoms with van der Waals surface area (Å²) in [7, 11) is 1.87. The maximum Gasteiger partial charge on any atom is 0.257 e. The molecular formula is C24H22BrFN4O2S. The van der Waals surface area contributed by atoms with E-state index in [0.29, 0.717) is 28.5 Å². The number of ether oxygens (including phenoxy) is 1. The quantitative estimate of drug-likeness (QED) is 0.528. The predicted molar refractivity (Wildman–Crippen MR) is 130 cm³/mol. The van der Waals surface area contributed by atoms with Crippen LogP contribution in [0.15, 0.2) is 70.4 Å². The molecular weight excluding hydrogens is 507 g/mol. The highest BCUT2D eigenvalue weighted by Gasteiger charge is 2.50. The van der Waals surface area contributed by atoms with Crippen LogP contribution in [0, 0.1) is 11.7 Å². The van der Waals surface area contributed by atoms with Gasteiger partial charge in [-0.1, -0.05) is 45.9 Å².